The summed E-state index contributed by atoms with van der Waals surface area (Å²) in [7, 11) is 3.54. The Hall–Kier alpha value is -1.85. The molecule has 2 aromatic rings. The van der Waals surface area contributed by atoms with Crippen LogP contribution in [0.5, 0.6) is 0 Å². The van der Waals surface area contributed by atoms with Crippen LogP contribution in [0.2, 0.25) is 0 Å². The number of benzene rings is 1. The van der Waals surface area contributed by atoms with Gasteiger partial charge in [0.2, 0.25) is 5.91 Å². The van der Waals surface area contributed by atoms with Crippen LogP contribution >= 0.6 is 0 Å². The van der Waals surface area contributed by atoms with Crippen molar-refractivity contribution in [1.82, 2.24) is 9.88 Å². The van der Waals surface area contributed by atoms with Crippen molar-refractivity contribution >= 4 is 16.8 Å². The largest absolute Gasteiger partial charge is 0.374 e. The molecule has 2 bridgehead atoms. The lowest BCUT2D eigenvalue weighted by molar-refractivity contribution is -0.129. The molecule has 0 spiro atoms. The van der Waals surface area contributed by atoms with Gasteiger partial charge in [0.05, 0.1) is 18.1 Å². The third-order valence-corrected chi connectivity index (χ3v) is 5.81. The summed E-state index contributed by atoms with van der Waals surface area (Å²) in [6.45, 7) is 12.9. The van der Waals surface area contributed by atoms with Gasteiger partial charge < -0.3 is 20.4 Å². The number of ether oxygens (including phenoxy) is 1. The van der Waals surface area contributed by atoms with E-state index in [4.69, 9.17) is 4.74 Å². The number of nitrogens with zero attached hydrogens (tertiary/aromatic N) is 1. The van der Waals surface area contributed by atoms with Gasteiger partial charge in [0.15, 0.2) is 0 Å². The Morgan fingerprint density at radius 3 is 2.41 bits per heavy atom. The molecule has 2 fully saturated rings. The summed E-state index contributed by atoms with van der Waals surface area (Å²) in [4.78, 5) is 12.8. The molecular weight excluding hydrogens is 362 g/mol. The highest BCUT2D eigenvalue weighted by atomic mass is 16.5. The minimum Gasteiger partial charge on any atom is -0.374 e. The van der Waals surface area contributed by atoms with Crippen LogP contribution in [0.1, 0.15) is 59.9 Å². The highest BCUT2D eigenvalue weighted by molar-refractivity contribution is 5.85. The van der Waals surface area contributed by atoms with E-state index in [1.54, 1.807) is 0 Å². The number of fused-ring (bicyclic) bond motifs is 3. The quantitative estimate of drug-likeness (QED) is 0.785. The Morgan fingerprint density at radius 2 is 1.83 bits per heavy atom. The molecule has 3 unspecified atom stereocenters. The van der Waals surface area contributed by atoms with E-state index in [2.05, 4.69) is 59.9 Å². The van der Waals surface area contributed by atoms with Crippen molar-refractivity contribution in [3.8, 4) is 0 Å². The lowest BCUT2D eigenvalue weighted by Gasteiger charge is -2.33. The topological polar surface area (TPSA) is 69.3 Å². The number of aryl methyl sites for hydroxylation is 1. The molecule has 3 heterocycles. The molecule has 0 aliphatic carbocycles. The van der Waals surface area contributed by atoms with Crippen molar-refractivity contribution in [2.24, 2.45) is 24.1 Å². The number of carbonyl (C=O) groups is 1. The van der Waals surface area contributed by atoms with E-state index in [0.717, 1.165) is 12.8 Å². The minimum absolute atomic E-state index is 0.0313. The molecule has 1 aromatic heterocycles. The lowest BCUT2D eigenvalue weighted by atomic mass is 9.68. The van der Waals surface area contributed by atoms with Crippen LogP contribution in [0.25, 0.3) is 10.9 Å². The summed E-state index contributed by atoms with van der Waals surface area (Å²) in [5.41, 5.74) is 6.80. The number of nitrogens with one attached hydrogen (secondary N) is 1. The average molecular weight is 404 g/mol. The van der Waals surface area contributed by atoms with E-state index < -0.39 is 0 Å². The molecule has 164 valence electrons. The minimum atomic E-state index is -0.0637. The van der Waals surface area contributed by atoms with Crippen molar-refractivity contribution < 1.29 is 9.53 Å². The smallest absolute Gasteiger partial charge is 0.226 e. The number of amides is 1. The molecule has 0 radical (unpaired) electrons. The fraction of sp³-hybridized carbons (Fsp3) is 0.625. The second-order valence-electron chi connectivity index (χ2n) is 7.53. The zero-order valence-electron chi connectivity index (χ0n) is 19.6. The van der Waals surface area contributed by atoms with Gasteiger partial charge >= 0.3 is 0 Å². The first-order chi connectivity index (χ1) is 14.0. The SMILES string of the molecule is CC.CC.CN.Cn1ccc2c(CNC(=O)C3C4CCC(O4)C3(C)C)cccc21. The zero-order valence-corrected chi connectivity index (χ0v) is 19.6. The molecule has 5 heteroatoms. The molecular formula is C24H41N3O2. The third kappa shape index (κ3) is 5.01. The van der Waals surface area contributed by atoms with Crippen LogP contribution in [0.3, 0.4) is 0 Å². The molecule has 1 amide bonds. The molecule has 3 N–H and O–H groups in total. The number of hydrogen-bond donors (Lipinski definition) is 2. The monoisotopic (exact) mass is 403 g/mol. The Labute approximate surface area is 177 Å². The van der Waals surface area contributed by atoms with E-state index >= 15 is 0 Å². The molecule has 29 heavy (non-hydrogen) atoms. The van der Waals surface area contributed by atoms with Gasteiger partial charge in [-0.05, 0) is 37.6 Å². The number of rotatable bonds is 3. The normalized spacial score (nSPS) is 23.1. The summed E-state index contributed by atoms with van der Waals surface area (Å²) in [5.74, 6) is 0.103. The molecule has 2 saturated heterocycles. The van der Waals surface area contributed by atoms with Gasteiger partial charge in [-0.1, -0.05) is 53.7 Å². The zero-order chi connectivity index (χ0) is 22.2. The summed E-state index contributed by atoms with van der Waals surface area (Å²) in [5, 5.41) is 4.36. The van der Waals surface area contributed by atoms with Gasteiger partial charge in [-0.2, -0.15) is 0 Å². The molecule has 3 atom stereocenters. The Kier molecular flexibility index (Phi) is 9.87. The molecule has 0 saturated carbocycles. The van der Waals surface area contributed by atoms with Crippen molar-refractivity contribution in [2.45, 2.75) is 73.1 Å². The maximum Gasteiger partial charge on any atom is 0.226 e. The number of hydrogen-bond acceptors (Lipinski definition) is 3. The van der Waals surface area contributed by atoms with Crippen LogP contribution in [0, 0.1) is 11.3 Å². The average Bonchev–Trinajstić information content (AvgIpc) is 3.45. The van der Waals surface area contributed by atoms with Gasteiger partial charge in [0.1, 0.15) is 0 Å². The van der Waals surface area contributed by atoms with E-state index in [9.17, 15) is 4.79 Å². The predicted octanol–water partition coefficient (Wildman–Crippen LogP) is 4.63. The maximum absolute atomic E-state index is 12.8. The second-order valence-corrected chi connectivity index (χ2v) is 7.53. The number of carbonyl (C=O) groups excluding carboxylic acids is 1. The third-order valence-electron chi connectivity index (χ3n) is 5.81. The van der Waals surface area contributed by atoms with Crippen molar-refractivity contribution in [1.29, 1.82) is 0 Å². The van der Waals surface area contributed by atoms with Crippen LogP contribution in [-0.4, -0.2) is 29.7 Å². The highest BCUT2D eigenvalue weighted by Crippen LogP contribution is 2.51. The van der Waals surface area contributed by atoms with Gasteiger partial charge in [-0.3, -0.25) is 4.79 Å². The summed E-state index contributed by atoms with van der Waals surface area (Å²) in [6.07, 6.45) is 4.50. The molecule has 4 rings (SSSR count). The van der Waals surface area contributed by atoms with Gasteiger partial charge in [0.25, 0.3) is 0 Å². The van der Waals surface area contributed by atoms with Gasteiger partial charge in [0, 0.05) is 36.1 Å². The summed E-state index contributed by atoms with van der Waals surface area (Å²) >= 11 is 0. The predicted molar refractivity (Wildman–Crippen MR) is 123 cm³/mol. The Bertz CT molecular complexity index is 767. The standard InChI is InChI=1S/C19H24N2O2.2C2H6.CH5N/c1-19(2)16-8-7-15(23-16)17(19)18(22)20-11-12-5-4-6-14-13(12)9-10-21(14)3;3*1-2/h4-6,9-10,15-17H,7-8,11H2,1-3H3,(H,20,22);2*1-2H3;2H2,1H3. The Balaban J connectivity index is 0.000000644. The molecule has 2 aliphatic rings. The van der Waals surface area contributed by atoms with Crippen LogP contribution in [-0.2, 0) is 23.1 Å². The van der Waals surface area contributed by atoms with Crippen molar-refractivity contribution in [3.05, 3.63) is 36.0 Å². The highest BCUT2D eigenvalue weighted by Gasteiger charge is 2.57. The van der Waals surface area contributed by atoms with Crippen LogP contribution < -0.4 is 11.1 Å². The first-order valence-corrected chi connectivity index (χ1v) is 11.0. The second kappa shape index (κ2) is 11.4. The fourth-order valence-electron chi connectivity index (χ4n) is 4.45. The fourth-order valence-corrected chi connectivity index (χ4v) is 4.45. The lowest BCUT2D eigenvalue weighted by Crippen LogP contribution is -2.45. The summed E-state index contributed by atoms with van der Waals surface area (Å²) < 4.78 is 8.09. The van der Waals surface area contributed by atoms with E-state index in [1.807, 2.05) is 34.7 Å². The van der Waals surface area contributed by atoms with Gasteiger partial charge in [-0.15, -0.1) is 0 Å². The molecule has 2 aliphatic heterocycles. The molecule has 5 nitrogen and oxygen atoms in total. The first kappa shape index (κ1) is 25.2. The van der Waals surface area contributed by atoms with Crippen molar-refractivity contribution in [2.75, 3.05) is 7.05 Å². The Morgan fingerprint density at radius 1 is 1.17 bits per heavy atom. The number of aromatic nitrogens is 1. The van der Waals surface area contributed by atoms with E-state index in [0.29, 0.717) is 6.54 Å². The van der Waals surface area contributed by atoms with Crippen LogP contribution in [0.15, 0.2) is 30.5 Å². The van der Waals surface area contributed by atoms with Crippen LogP contribution in [0.4, 0.5) is 0 Å². The van der Waals surface area contributed by atoms with Gasteiger partial charge in [-0.25, -0.2) is 0 Å². The maximum atomic E-state index is 12.8. The summed E-state index contributed by atoms with van der Waals surface area (Å²) in [6, 6.07) is 8.36. The van der Waals surface area contributed by atoms with E-state index in [1.165, 1.54) is 23.5 Å². The first-order valence-electron chi connectivity index (χ1n) is 11.0. The molecule has 1 aromatic carbocycles. The number of nitrogens with two attached hydrogens (primary N) is 1. The van der Waals surface area contributed by atoms with E-state index in [-0.39, 0.29) is 29.4 Å². The van der Waals surface area contributed by atoms with Crippen molar-refractivity contribution in [3.63, 3.8) is 0 Å².